The van der Waals surface area contributed by atoms with Crippen molar-refractivity contribution in [2.24, 2.45) is 0 Å². The summed E-state index contributed by atoms with van der Waals surface area (Å²) in [5, 5.41) is 5.88. The molecule has 4 rings (SSSR count). The Morgan fingerprint density at radius 2 is 1.67 bits per heavy atom. The molecule has 1 N–H and O–H groups in total. The summed E-state index contributed by atoms with van der Waals surface area (Å²) in [4.78, 5) is 29.0. The lowest BCUT2D eigenvalue weighted by Gasteiger charge is -2.32. The van der Waals surface area contributed by atoms with Crippen molar-refractivity contribution in [2.75, 3.05) is 13.2 Å². The van der Waals surface area contributed by atoms with Gasteiger partial charge >= 0.3 is 0 Å². The molecule has 0 bridgehead atoms. The van der Waals surface area contributed by atoms with Crippen molar-refractivity contribution in [3.8, 4) is 5.75 Å². The molecule has 1 atom stereocenters. The second-order valence-electron chi connectivity index (χ2n) is 9.37. The van der Waals surface area contributed by atoms with E-state index in [9.17, 15) is 9.59 Å². The van der Waals surface area contributed by atoms with Gasteiger partial charge in [0.15, 0.2) is 6.61 Å². The molecule has 202 valence electrons. The number of nitrogens with zero attached hydrogens (tertiary/aromatic N) is 1. The van der Waals surface area contributed by atoms with Gasteiger partial charge in [0.2, 0.25) is 5.91 Å². The third kappa shape index (κ3) is 7.75. The first-order valence-corrected chi connectivity index (χ1v) is 13.9. The molecule has 5 nitrogen and oxygen atoms in total. The van der Waals surface area contributed by atoms with Gasteiger partial charge in [-0.05, 0) is 41.1 Å². The Hall–Kier alpha value is -3.54. The van der Waals surface area contributed by atoms with Crippen molar-refractivity contribution in [1.82, 2.24) is 10.2 Å². The van der Waals surface area contributed by atoms with Crippen molar-refractivity contribution in [3.63, 3.8) is 0 Å². The van der Waals surface area contributed by atoms with E-state index in [-0.39, 0.29) is 25.0 Å². The Kier molecular flexibility index (Phi) is 10.2. The largest absolute Gasteiger partial charge is 0.483 e. The molecule has 39 heavy (non-hydrogen) atoms. The zero-order valence-electron chi connectivity index (χ0n) is 21.9. The molecule has 7 heteroatoms. The van der Waals surface area contributed by atoms with Gasteiger partial charge in [0, 0.05) is 34.9 Å². The summed E-state index contributed by atoms with van der Waals surface area (Å²) in [7, 11) is 0. The molecule has 0 aliphatic rings. The summed E-state index contributed by atoms with van der Waals surface area (Å²) < 4.78 is 6.05. The SMILES string of the molecule is CCCCNC(=O)[C@H](Cc1ccccc1)N(Cc1ccc(Cl)cc1Cl)C(=O)COc1cccc2ccccc12. The number of carbonyl (C=O) groups excluding carboxylic acids is 2. The molecule has 0 aromatic heterocycles. The summed E-state index contributed by atoms with van der Waals surface area (Å²) in [5.41, 5.74) is 1.64. The number of carbonyl (C=O) groups is 2. The summed E-state index contributed by atoms with van der Waals surface area (Å²) in [5.74, 6) is 0.0781. The second kappa shape index (κ2) is 14.0. The minimum atomic E-state index is -0.764. The normalized spacial score (nSPS) is 11.7. The van der Waals surface area contributed by atoms with Crippen LogP contribution in [0.3, 0.4) is 0 Å². The van der Waals surface area contributed by atoms with Crippen molar-refractivity contribution < 1.29 is 14.3 Å². The lowest BCUT2D eigenvalue weighted by Crippen LogP contribution is -2.51. The highest BCUT2D eigenvalue weighted by Gasteiger charge is 2.31. The number of amides is 2. The molecule has 0 heterocycles. The number of rotatable bonds is 12. The highest BCUT2D eigenvalue weighted by molar-refractivity contribution is 6.35. The lowest BCUT2D eigenvalue weighted by atomic mass is 10.0. The number of nitrogens with one attached hydrogen (secondary N) is 1. The molecule has 4 aromatic rings. The van der Waals surface area contributed by atoms with Crippen LogP contribution in [0.1, 0.15) is 30.9 Å². The zero-order valence-corrected chi connectivity index (χ0v) is 23.4. The standard InChI is InChI=1S/C32H32Cl2N2O3/c1-2-3-18-35-32(38)29(19-23-10-5-4-6-11-23)36(21-25-16-17-26(33)20-28(25)34)31(37)22-39-30-15-9-13-24-12-7-8-14-27(24)30/h4-17,20,29H,2-3,18-19,21-22H2,1H3,(H,35,38)/t29-/m0/s1. The predicted molar refractivity (Wildman–Crippen MR) is 158 cm³/mol. The van der Waals surface area contributed by atoms with Gasteiger partial charge in [-0.15, -0.1) is 0 Å². The maximum absolute atomic E-state index is 13.9. The van der Waals surface area contributed by atoms with Gasteiger partial charge in [-0.3, -0.25) is 9.59 Å². The Labute approximate surface area is 239 Å². The van der Waals surface area contributed by atoms with Gasteiger partial charge in [-0.2, -0.15) is 0 Å². The zero-order chi connectivity index (χ0) is 27.6. The van der Waals surface area contributed by atoms with E-state index in [1.165, 1.54) is 0 Å². The van der Waals surface area contributed by atoms with Crippen molar-refractivity contribution >= 4 is 45.8 Å². The van der Waals surface area contributed by atoms with Gasteiger partial charge in [-0.1, -0.05) is 109 Å². The Bertz CT molecular complexity index is 1410. The third-order valence-corrected chi connectivity index (χ3v) is 7.14. The van der Waals surface area contributed by atoms with Crippen LogP contribution >= 0.6 is 23.2 Å². The van der Waals surface area contributed by atoms with Crippen LogP contribution in [-0.2, 0) is 22.6 Å². The van der Waals surface area contributed by atoms with Crippen molar-refractivity contribution in [3.05, 3.63) is 112 Å². The molecule has 0 aliphatic heterocycles. The fraction of sp³-hybridized carbons (Fsp3) is 0.250. The molecule has 0 aliphatic carbocycles. The van der Waals surface area contributed by atoms with Crippen molar-refractivity contribution in [2.45, 2.75) is 38.8 Å². The van der Waals surface area contributed by atoms with Crippen LogP contribution in [-0.4, -0.2) is 35.9 Å². The Morgan fingerprint density at radius 3 is 2.44 bits per heavy atom. The Morgan fingerprint density at radius 1 is 0.923 bits per heavy atom. The summed E-state index contributed by atoms with van der Waals surface area (Å²) >= 11 is 12.6. The minimum Gasteiger partial charge on any atom is -0.483 e. The molecule has 0 saturated carbocycles. The fourth-order valence-electron chi connectivity index (χ4n) is 4.44. The predicted octanol–water partition coefficient (Wildman–Crippen LogP) is 7.08. The van der Waals surface area contributed by atoms with Gasteiger partial charge in [-0.25, -0.2) is 0 Å². The van der Waals surface area contributed by atoms with E-state index < -0.39 is 6.04 Å². The number of fused-ring (bicyclic) bond motifs is 1. The van der Waals surface area contributed by atoms with Gasteiger partial charge in [0.1, 0.15) is 11.8 Å². The van der Waals surface area contributed by atoms with Crippen LogP contribution in [0.2, 0.25) is 10.0 Å². The van der Waals surface area contributed by atoms with Crippen LogP contribution in [0, 0.1) is 0 Å². The molecular formula is C32H32Cl2N2O3. The number of hydrogen-bond acceptors (Lipinski definition) is 3. The van der Waals surface area contributed by atoms with Crippen LogP contribution in [0.4, 0.5) is 0 Å². The topological polar surface area (TPSA) is 58.6 Å². The molecule has 0 fully saturated rings. The highest BCUT2D eigenvalue weighted by Crippen LogP contribution is 2.27. The molecule has 0 unspecified atom stereocenters. The van der Waals surface area contributed by atoms with E-state index in [0.29, 0.717) is 34.3 Å². The second-order valence-corrected chi connectivity index (χ2v) is 10.2. The first-order chi connectivity index (χ1) is 19.0. The minimum absolute atomic E-state index is 0.131. The van der Waals surface area contributed by atoms with Crippen molar-refractivity contribution in [1.29, 1.82) is 0 Å². The van der Waals surface area contributed by atoms with E-state index in [4.69, 9.17) is 27.9 Å². The highest BCUT2D eigenvalue weighted by atomic mass is 35.5. The average molecular weight is 564 g/mol. The van der Waals surface area contributed by atoms with Crippen LogP contribution in [0.15, 0.2) is 91.0 Å². The van der Waals surface area contributed by atoms with Gasteiger partial charge in [0.25, 0.3) is 5.91 Å². The quantitative estimate of drug-likeness (QED) is 0.188. The molecule has 2 amide bonds. The van der Waals surface area contributed by atoms with E-state index in [1.807, 2.05) is 72.8 Å². The average Bonchev–Trinajstić information content (AvgIpc) is 2.95. The smallest absolute Gasteiger partial charge is 0.261 e. The molecular weight excluding hydrogens is 531 g/mol. The molecule has 0 radical (unpaired) electrons. The monoisotopic (exact) mass is 562 g/mol. The van der Waals surface area contributed by atoms with E-state index in [0.717, 1.165) is 29.2 Å². The van der Waals surface area contributed by atoms with Gasteiger partial charge < -0.3 is 15.0 Å². The van der Waals surface area contributed by atoms with E-state index in [1.54, 1.807) is 23.1 Å². The van der Waals surface area contributed by atoms with Crippen LogP contribution < -0.4 is 10.1 Å². The molecule has 4 aromatic carbocycles. The third-order valence-electron chi connectivity index (χ3n) is 6.56. The number of halogens is 2. The summed E-state index contributed by atoms with van der Waals surface area (Å²) in [6, 6.07) is 27.6. The molecule has 0 spiro atoms. The Balaban J connectivity index is 1.65. The first-order valence-electron chi connectivity index (χ1n) is 13.1. The number of unbranched alkanes of at least 4 members (excludes halogenated alkanes) is 1. The van der Waals surface area contributed by atoms with Gasteiger partial charge in [0.05, 0.1) is 0 Å². The first kappa shape index (κ1) is 28.5. The van der Waals surface area contributed by atoms with E-state index in [2.05, 4.69) is 12.2 Å². The summed E-state index contributed by atoms with van der Waals surface area (Å²) in [6.45, 7) is 2.51. The summed E-state index contributed by atoms with van der Waals surface area (Å²) in [6.07, 6.45) is 2.15. The van der Waals surface area contributed by atoms with E-state index >= 15 is 0 Å². The van der Waals surface area contributed by atoms with Crippen LogP contribution in [0.25, 0.3) is 10.8 Å². The maximum atomic E-state index is 13.9. The number of hydrogen-bond donors (Lipinski definition) is 1. The molecule has 0 saturated heterocycles. The maximum Gasteiger partial charge on any atom is 0.261 e. The number of benzene rings is 4. The fourth-order valence-corrected chi connectivity index (χ4v) is 4.91. The lowest BCUT2D eigenvalue weighted by molar-refractivity contribution is -0.142. The number of ether oxygens (including phenoxy) is 1. The van der Waals surface area contributed by atoms with Crippen LogP contribution in [0.5, 0.6) is 5.75 Å².